The van der Waals surface area contributed by atoms with E-state index in [0.29, 0.717) is 67.7 Å². The molecule has 3 heterocycles. The van der Waals surface area contributed by atoms with Gasteiger partial charge in [-0.25, -0.2) is 19.6 Å². The van der Waals surface area contributed by atoms with Gasteiger partial charge < -0.3 is 39.9 Å². The summed E-state index contributed by atoms with van der Waals surface area (Å²) in [5.74, 6) is -0.469. The molecule has 2 aliphatic heterocycles. The standard InChI is InChI=1S/C30H35N7O6/c1-3-43-25-24(29(39)40)33-26(34-27(25)36-16-18-42-19-17-36)20-4-8-22(9-5-20)31-30(41)32-23-10-6-21(7-11-23)28(38)37-14-12-35(2)13-15-37/h4-11H,3,12-19H2,1-2H3,(H,39,40)(H2,31,32,41). The summed E-state index contributed by atoms with van der Waals surface area (Å²) in [7, 11) is 2.04. The van der Waals surface area contributed by atoms with E-state index >= 15 is 0 Å². The fourth-order valence-corrected chi connectivity index (χ4v) is 4.86. The van der Waals surface area contributed by atoms with Crippen LogP contribution in [0.3, 0.4) is 0 Å². The SMILES string of the molecule is CCOc1c(C(=O)O)nc(-c2ccc(NC(=O)Nc3ccc(C(=O)N4CCN(C)CC4)cc3)cc2)nc1N1CCOCC1. The van der Waals surface area contributed by atoms with Crippen molar-refractivity contribution in [1.82, 2.24) is 19.8 Å². The van der Waals surface area contributed by atoms with Gasteiger partial charge in [-0.05, 0) is 62.5 Å². The highest BCUT2D eigenvalue weighted by atomic mass is 16.5. The molecule has 3 N–H and O–H groups in total. The minimum atomic E-state index is -1.21. The molecule has 2 saturated heterocycles. The number of hydrogen-bond donors (Lipinski definition) is 3. The van der Waals surface area contributed by atoms with Crippen molar-refractivity contribution in [3.63, 3.8) is 0 Å². The van der Waals surface area contributed by atoms with Crippen LogP contribution < -0.4 is 20.3 Å². The van der Waals surface area contributed by atoms with Gasteiger partial charge in [-0.15, -0.1) is 0 Å². The number of rotatable bonds is 8. The predicted octanol–water partition coefficient (Wildman–Crippen LogP) is 3.11. The molecule has 3 amide bonds. The lowest BCUT2D eigenvalue weighted by molar-refractivity contribution is 0.0661. The molecule has 13 nitrogen and oxygen atoms in total. The Kier molecular flexibility index (Phi) is 9.32. The van der Waals surface area contributed by atoms with Gasteiger partial charge in [-0.3, -0.25) is 4.79 Å². The van der Waals surface area contributed by atoms with Crippen LogP contribution in [0.25, 0.3) is 11.4 Å². The number of likely N-dealkylation sites (N-methyl/N-ethyl adjacent to an activating group) is 1. The smallest absolute Gasteiger partial charge is 0.358 e. The fraction of sp³-hybridized carbons (Fsp3) is 0.367. The maximum atomic E-state index is 12.8. The van der Waals surface area contributed by atoms with Crippen LogP contribution in [0.15, 0.2) is 48.5 Å². The molecular formula is C30H35N7O6. The number of hydrogen-bond acceptors (Lipinski definition) is 9. The van der Waals surface area contributed by atoms with Crippen molar-refractivity contribution in [3.8, 4) is 17.1 Å². The second-order valence-electron chi connectivity index (χ2n) is 10.2. The number of urea groups is 1. The van der Waals surface area contributed by atoms with Crippen molar-refractivity contribution in [1.29, 1.82) is 0 Å². The summed E-state index contributed by atoms with van der Waals surface area (Å²) in [5, 5.41) is 15.4. The van der Waals surface area contributed by atoms with Gasteiger partial charge in [0.1, 0.15) is 0 Å². The molecule has 0 aliphatic carbocycles. The summed E-state index contributed by atoms with van der Waals surface area (Å²) < 4.78 is 11.1. The Morgan fingerprint density at radius 1 is 0.884 bits per heavy atom. The number of amides is 3. The molecule has 2 fully saturated rings. The highest BCUT2D eigenvalue weighted by molar-refractivity contribution is 6.00. The van der Waals surface area contributed by atoms with E-state index in [1.165, 1.54) is 0 Å². The number of carbonyl (C=O) groups is 3. The lowest BCUT2D eigenvalue weighted by atomic mass is 10.1. The molecule has 0 spiro atoms. The van der Waals surface area contributed by atoms with Crippen LogP contribution in [0.5, 0.6) is 5.75 Å². The Balaban J connectivity index is 1.25. The van der Waals surface area contributed by atoms with Crippen LogP contribution in [0.2, 0.25) is 0 Å². The second-order valence-corrected chi connectivity index (χ2v) is 10.2. The van der Waals surface area contributed by atoms with Crippen LogP contribution in [-0.4, -0.2) is 109 Å². The van der Waals surface area contributed by atoms with Crippen molar-refractivity contribution >= 4 is 35.1 Å². The van der Waals surface area contributed by atoms with Crippen LogP contribution in [-0.2, 0) is 4.74 Å². The molecule has 226 valence electrons. The van der Waals surface area contributed by atoms with Gasteiger partial charge in [0.15, 0.2) is 23.1 Å². The third-order valence-electron chi connectivity index (χ3n) is 7.23. The normalized spacial score (nSPS) is 15.6. The number of morpholine rings is 1. The maximum absolute atomic E-state index is 12.8. The zero-order chi connectivity index (χ0) is 30.3. The average Bonchev–Trinajstić information content (AvgIpc) is 3.02. The van der Waals surface area contributed by atoms with Crippen LogP contribution in [0, 0.1) is 0 Å². The predicted molar refractivity (Wildman–Crippen MR) is 161 cm³/mol. The summed E-state index contributed by atoms with van der Waals surface area (Å²) in [4.78, 5) is 52.4. The Morgan fingerprint density at radius 3 is 2.07 bits per heavy atom. The first-order chi connectivity index (χ1) is 20.8. The molecule has 2 aliphatic rings. The maximum Gasteiger partial charge on any atom is 0.358 e. The zero-order valence-corrected chi connectivity index (χ0v) is 24.2. The van der Waals surface area contributed by atoms with E-state index in [2.05, 4.69) is 25.5 Å². The lowest BCUT2D eigenvalue weighted by Gasteiger charge is -2.32. The third-order valence-corrected chi connectivity index (χ3v) is 7.23. The molecule has 43 heavy (non-hydrogen) atoms. The number of carboxylic acid groups (broad SMARTS) is 1. The van der Waals surface area contributed by atoms with E-state index in [4.69, 9.17) is 9.47 Å². The van der Waals surface area contributed by atoms with Crippen molar-refractivity contribution in [3.05, 3.63) is 59.8 Å². The number of nitrogens with one attached hydrogen (secondary N) is 2. The van der Waals surface area contributed by atoms with Crippen LogP contribution >= 0.6 is 0 Å². The topological polar surface area (TPSA) is 149 Å². The van der Waals surface area contributed by atoms with E-state index < -0.39 is 12.0 Å². The number of aromatic carboxylic acids is 1. The van der Waals surface area contributed by atoms with Crippen molar-refractivity contribution < 1.29 is 29.0 Å². The fourth-order valence-electron chi connectivity index (χ4n) is 4.86. The van der Waals surface area contributed by atoms with Crippen LogP contribution in [0.4, 0.5) is 22.0 Å². The molecule has 0 bridgehead atoms. The van der Waals surface area contributed by atoms with E-state index in [-0.39, 0.29) is 29.8 Å². The van der Waals surface area contributed by atoms with Crippen molar-refractivity contribution in [2.75, 3.05) is 81.7 Å². The van der Waals surface area contributed by atoms with Crippen molar-refractivity contribution in [2.24, 2.45) is 0 Å². The number of ether oxygens (including phenoxy) is 2. The Bertz CT molecular complexity index is 1450. The first kappa shape index (κ1) is 29.7. The zero-order valence-electron chi connectivity index (χ0n) is 24.2. The van der Waals surface area contributed by atoms with Gasteiger partial charge in [0.25, 0.3) is 5.91 Å². The molecular weight excluding hydrogens is 554 g/mol. The number of nitrogens with zero attached hydrogens (tertiary/aromatic N) is 5. The number of aromatic nitrogens is 2. The third kappa shape index (κ3) is 7.19. The van der Waals surface area contributed by atoms with E-state index in [0.717, 1.165) is 13.1 Å². The molecule has 0 atom stereocenters. The highest BCUT2D eigenvalue weighted by Gasteiger charge is 2.26. The van der Waals surface area contributed by atoms with Gasteiger partial charge in [-0.2, -0.15) is 0 Å². The van der Waals surface area contributed by atoms with Gasteiger partial charge in [-0.1, -0.05) is 0 Å². The Morgan fingerprint density at radius 2 is 1.49 bits per heavy atom. The molecule has 0 radical (unpaired) electrons. The molecule has 0 unspecified atom stereocenters. The molecule has 13 heteroatoms. The number of carbonyl (C=O) groups excluding carboxylic acids is 2. The largest absolute Gasteiger partial charge is 0.488 e. The number of piperazine rings is 1. The molecule has 2 aromatic carbocycles. The second kappa shape index (κ2) is 13.5. The van der Waals surface area contributed by atoms with E-state index in [1.807, 2.05) is 16.8 Å². The highest BCUT2D eigenvalue weighted by Crippen LogP contribution is 2.33. The summed E-state index contributed by atoms with van der Waals surface area (Å²) in [6, 6.07) is 13.1. The summed E-state index contributed by atoms with van der Waals surface area (Å²) >= 11 is 0. The first-order valence-corrected chi connectivity index (χ1v) is 14.2. The van der Waals surface area contributed by atoms with E-state index in [9.17, 15) is 19.5 Å². The quantitative estimate of drug-likeness (QED) is 0.358. The number of anilines is 3. The monoisotopic (exact) mass is 589 g/mol. The molecule has 3 aromatic rings. The van der Waals surface area contributed by atoms with Gasteiger partial charge in [0, 0.05) is 61.8 Å². The Labute approximate surface area is 249 Å². The van der Waals surface area contributed by atoms with Crippen molar-refractivity contribution in [2.45, 2.75) is 6.92 Å². The first-order valence-electron chi connectivity index (χ1n) is 14.2. The average molecular weight is 590 g/mol. The molecule has 5 rings (SSSR count). The van der Waals surface area contributed by atoms with Gasteiger partial charge in [0.05, 0.1) is 19.8 Å². The number of benzene rings is 2. The summed E-state index contributed by atoms with van der Waals surface area (Å²) in [6.07, 6.45) is 0. The van der Waals surface area contributed by atoms with Gasteiger partial charge in [0.2, 0.25) is 0 Å². The number of carboxylic acids is 1. The Hall–Kier alpha value is -4.75. The summed E-state index contributed by atoms with van der Waals surface area (Å²) in [6.45, 7) is 7.19. The summed E-state index contributed by atoms with van der Waals surface area (Å²) in [5.41, 5.74) is 1.99. The minimum absolute atomic E-state index is 0.0201. The van der Waals surface area contributed by atoms with E-state index in [1.54, 1.807) is 55.5 Å². The molecule has 1 aromatic heterocycles. The van der Waals surface area contributed by atoms with Gasteiger partial charge >= 0.3 is 12.0 Å². The molecule has 0 saturated carbocycles. The lowest BCUT2D eigenvalue weighted by Crippen LogP contribution is -2.47. The van der Waals surface area contributed by atoms with Crippen LogP contribution in [0.1, 0.15) is 27.8 Å². The minimum Gasteiger partial charge on any atom is -0.488 e.